The topological polar surface area (TPSA) is 79.8 Å². The van der Waals surface area contributed by atoms with E-state index in [0.29, 0.717) is 30.3 Å². The maximum absolute atomic E-state index is 12.9. The Labute approximate surface area is 186 Å². The molecule has 1 unspecified atom stereocenters. The van der Waals surface area contributed by atoms with Crippen molar-refractivity contribution in [3.63, 3.8) is 0 Å². The van der Waals surface area contributed by atoms with Crippen molar-refractivity contribution in [2.75, 3.05) is 39.0 Å². The van der Waals surface area contributed by atoms with Gasteiger partial charge in [-0.05, 0) is 30.7 Å². The average Bonchev–Trinajstić information content (AvgIpc) is 3.14. The lowest BCUT2D eigenvalue weighted by molar-refractivity contribution is -0.133. The number of carbonyl (C=O) groups excluding carboxylic acids is 3. The van der Waals surface area contributed by atoms with Crippen LogP contribution >= 0.6 is 23.4 Å². The first kappa shape index (κ1) is 22.9. The summed E-state index contributed by atoms with van der Waals surface area (Å²) in [5.74, 6) is 0.729. The highest BCUT2D eigenvalue weighted by Gasteiger charge is 2.43. The van der Waals surface area contributed by atoms with Gasteiger partial charge in [-0.1, -0.05) is 30.3 Å². The van der Waals surface area contributed by atoms with Crippen LogP contribution in [0.15, 0.2) is 12.1 Å². The molecule has 1 aromatic rings. The Kier molecular flexibility index (Phi) is 7.29. The van der Waals surface area contributed by atoms with Gasteiger partial charge in [-0.25, -0.2) is 4.98 Å². The SMILES string of the molecule is COc1cc(C(=O)N2CCC3(CC2)CCN(C(=O)C(C)CSC(C)=O)C3)cc(Cl)n1. The number of aromatic nitrogens is 1. The fraction of sp³-hybridized carbons (Fsp3) is 0.619. The Morgan fingerprint density at radius 3 is 2.43 bits per heavy atom. The Hall–Kier alpha value is -1.80. The lowest BCUT2D eigenvalue weighted by Gasteiger charge is -2.39. The monoisotopic (exact) mass is 453 g/mol. The highest BCUT2D eigenvalue weighted by molar-refractivity contribution is 8.13. The first-order valence-electron chi connectivity index (χ1n) is 10.2. The summed E-state index contributed by atoms with van der Waals surface area (Å²) in [6.07, 6.45) is 2.70. The van der Waals surface area contributed by atoms with Gasteiger partial charge in [0.2, 0.25) is 11.8 Å². The molecule has 0 aromatic carbocycles. The normalized spacial score (nSPS) is 19.1. The molecule has 1 spiro atoms. The zero-order chi connectivity index (χ0) is 21.9. The molecule has 1 atom stereocenters. The lowest BCUT2D eigenvalue weighted by Crippen LogP contribution is -2.45. The van der Waals surface area contributed by atoms with Crippen LogP contribution in [-0.4, -0.2) is 70.8 Å². The predicted molar refractivity (Wildman–Crippen MR) is 117 cm³/mol. The van der Waals surface area contributed by atoms with Gasteiger partial charge in [0.05, 0.1) is 7.11 Å². The Bertz CT molecular complexity index is 826. The van der Waals surface area contributed by atoms with Gasteiger partial charge in [0.15, 0.2) is 5.12 Å². The molecule has 2 fully saturated rings. The van der Waals surface area contributed by atoms with E-state index in [4.69, 9.17) is 16.3 Å². The minimum absolute atomic E-state index is 0.0395. The van der Waals surface area contributed by atoms with Crippen LogP contribution < -0.4 is 4.74 Å². The number of pyridine rings is 1. The standard InChI is InChI=1S/C21H28ClN3O4S/c1-14(12-30-15(2)26)19(27)25-9-6-21(13-25)4-7-24(8-5-21)20(28)16-10-17(22)23-18(11-16)29-3/h10-11,14H,4-9,12-13H2,1-3H3. The van der Waals surface area contributed by atoms with E-state index in [0.717, 1.165) is 32.4 Å². The summed E-state index contributed by atoms with van der Waals surface area (Å²) in [6.45, 7) is 6.20. The molecule has 7 nitrogen and oxygen atoms in total. The van der Waals surface area contributed by atoms with Gasteiger partial charge in [-0.15, -0.1) is 0 Å². The van der Waals surface area contributed by atoms with Crippen molar-refractivity contribution in [1.29, 1.82) is 0 Å². The third-order valence-corrected chi connectivity index (χ3v) is 7.31. The molecule has 0 N–H and O–H groups in total. The largest absolute Gasteiger partial charge is 0.481 e. The number of piperidine rings is 1. The molecular formula is C21H28ClN3O4S. The number of ether oxygens (including phenoxy) is 1. The second kappa shape index (κ2) is 9.56. The number of hydrogen-bond acceptors (Lipinski definition) is 6. The zero-order valence-electron chi connectivity index (χ0n) is 17.6. The molecule has 164 valence electrons. The van der Waals surface area contributed by atoms with Crippen molar-refractivity contribution in [3.8, 4) is 5.88 Å². The van der Waals surface area contributed by atoms with Gasteiger partial charge in [0.1, 0.15) is 5.15 Å². The smallest absolute Gasteiger partial charge is 0.254 e. The minimum atomic E-state index is -0.165. The van der Waals surface area contributed by atoms with Crippen LogP contribution in [0.2, 0.25) is 5.15 Å². The number of amides is 2. The molecule has 0 radical (unpaired) electrons. The number of methoxy groups -OCH3 is 1. The summed E-state index contributed by atoms with van der Waals surface area (Å²) in [5, 5.41) is 0.269. The highest BCUT2D eigenvalue weighted by atomic mass is 35.5. The Balaban J connectivity index is 1.56. The second-order valence-corrected chi connectivity index (χ2v) is 9.81. The molecular weight excluding hydrogens is 426 g/mol. The second-order valence-electron chi connectivity index (χ2n) is 8.23. The van der Waals surface area contributed by atoms with Crippen LogP contribution in [0.1, 0.15) is 43.5 Å². The van der Waals surface area contributed by atoms with Crippen molar-refractivity contribution in [2.45, 2.75) is 33.1 Å². The van der Waals surface area contributed by atoms with E-state index in [1.165, 1.54) is 25.8 Å². The van der Waals surface area contributed by atoms with Gasteiger partial charge >= 0.3 is 0 Å². The van der Waals surface area contributed by atoms with Crippen molar-refractivity contribution in [1.82, 2.24) is 14.8 Å². The summed E-state index contributed by atoms with van der Waals surface area (Å²) in [7, 11) is 1.49. The number of nitrogens with zero attached hydrogens (tertiary/aromatic N) is 3. The fourth-order valence-corrected chi connectivity index (χ4v) is 5.05. The molecule has 2 amide bonds. The molecule has 2 saturated heterocycles. The average molecular weight is 454 g/mol. The third-order valence-electron chi connectivity index (χ3n) is 6.05. The van der Waals surface area contributed by atoms with E-state index in [2.05, 4.69) is 4.98 Å². The van der Waals surface area contributed by atoms with E-state index in [1.807, 2.05) is 16.7 Å². The van der Waals surface area contributed by atoms with Gasteiger partial charge in [0, 0.05) is 56.4 Å². The first-order chi connectivity index (χ1) is 14.2. The number of halogens is 1. The fourth-order valence-electron chi connectivity index (χ4n) is 4.22. The molecule has 1 aromatic heterocycles. The first-order valence-corrected chi connectivity index (χ1v) is 11.5. The van der Waals surface area contributed by atoms with Crippen molar-refractivity contribution in [2.24, 2.45) is 11.3 Å². The van der Waals surface area contributed by atoms with Crippen molar-refractivity contribution < 1.29 is 19.1 Å². The summed E-state index contributed by atoms with van der Waals surface area (Å²) in [6, 6.07) is 3.17. The van der Waals surface area contributed by atoms with Crippen LogP contribution in [0.5, 0.6) is 5.88 Å². The van der Waals surface area contributed by atoms with Gasteiger partial charge in [0.25, 0.3) is 5.91 Å². The summed E-state index contributed by atoms with van der Waals surface area (Å²) < 4.78 is 5.11. The van der Waals surface area contributed by atoms with E-state index in [-0.39, 0.29) is 33.4 Å². The van der Waals surface area contributed by atoms with Crippen molar-refractivity contribution >= 4 is 40.3 Å². The third kappa shape index (κ3) is 5.27. The molecule has 30 heavy (non-hydrogen) atoms. The maximum atomic E-state index is 12.9. The summed E-state index contributed by atoms with van der Waals surface area (Å²) in [4.78, 5) is 44.6. The minimum Gasteiger partial charge on any atom is -0.481 e. The molecule has 2 aliphatic rings. The number of hydrogen-bond donors (Lipinski definition) is 0. The number of carbonyl (C=O) groups is 3. The number of thioether (sulfide) groups is 1. The predicted octanol–water partition coefficient (Wildman–Crippen LogP) is 3.11. The van der Waals surface area contributed by atoms with Crippen molar-refractivity contribution in [3.05, 3.63) is 22.8 Å². The van der Waals surface area contributed by atoms with Crippen LogP contribution in [-0.2, 0) is 9.59 Å². The Morgan fingerprint density at radius 2 is 1.83 bits per heavy atom. The molecule has 3 heterocycles. The molecule has 3 rings (SSSR count). The van der Waals surface area contributed by atoms with Crippen LogP contribution in [0.25, 0.3) is 0 Å². The summed E-state index contributed by atoms with van der Waals surface area (Å²) in [5.41, 5.74) is 0.552. The van der Waals surface area contributed by atoms with Gasteiger partial charge in [-0.3, -0.25) is 14.4 Å². The summed E-state index contributed by atoms with van der Waals surface area (Å²) >= 11 is 7.21. The Morgan fingerprint density at radius 1 is 1.20 bits per heavy atom. The highest BCUT2D eigenvalue weighted by Crippen LogP contribution is 2.41. The van der Waals surface area contributed by atoms with E-state index >= 15 is 0 Å². The van der Waals surface area contributed by atoms with Crippen LogP contribution in [0.3, 0.4) is 0 Å². The zero-order valence-corrected chi connectivity index (χ0v) is 19.2. The molecule has 0 saturated carbocycles. The number of likely N-dealkylation sites (tertiary alicyclic amines) is 2. The molecule has 9 heteroatoms. The molecule has 0 bridgehead atoms. The van der Waals surface area contributed by atoms with Gasteiger partial charge < -0.3 is 14.5 Å². The molecule has 2 aliphatic heterocycles. The van der Waals surface area contributed by atoms with Gasteiger partial charge in [-0.2, -0.15) is 0 Å². The number of rotatable bonds is 5. The van der Waals surface area contributed by atoms with Crippen LogP contribution in [0, 0.1) is 11.3 Å². The van der Waals surface area contributed by atoms with E-state index < -0.39 is 0 Å². The van der Waals surface area contributed by atoms with Crippen LogP contribution in [0.4, 0.5) is 0 Å². The van der Waals surface area contributed by atoms with E-state index in [9.17, 15) is 14.4 Å². The van der Waals surface area contributed by atoms with E-state index in [1.54, 1.807) is 12.1 Å². The molecule has 0 aliphatic carbocycles. The lowest BCUT2D eigenvalue weighted by atomic mass is 9.77. The quantitative estimate of drug-likeness (QED) is 0.637. The maximum Gasteiger partial charge on any atom is 0.254 e.